The summed E-state index contributed by atoms with van der Waals surface area (Å²) >= 11 is 0. The second kappa shape index (κ2) is 7.16. The van der Waals surface area contributed by atoms with Crippen LogP contribution in [0.15, 0.2) is 42.5 Å². The summed E-state index contributed by atoms with van der Waals surface area (Å²) in [6, 6.07) is 12.7. The molecular weight excluding hydrogens is 360 g/mol. The van der Waals surface area contributed by atoms with Crippen molar-refractivity contribution in [2.75, 3.05) is 20.3 Å². The summed E-state index contributed by atoms with van der Waals surface area (Å²) in [5, 5.41) is 8.80. The van der Waals surface area contributed by atoms with Crippen molar-refractivity contribution in [1.82, 2.24) is 10.4 Å². The lowest BCUT2D eigenvalue weighted by Crippen LogP contribution is -2.40. The van der Waals surface area contributed by atoms with Crippen LogP contribution >= 0.6 is 0 Å². The lowest BCUT2D eigenvalue weighted by atomic mass is 9.94. The van der Waals surface area contributed by atoms with Gasteiger partial charge in [-0.2, -0.15) is 0 Å². The summed E-state index contributed by atoms with van der Waals surface area (Å²) in [5.41, 5.74) is 3.31. The third-order valence-corrected chi connectivity index (χ3v) is 5.50. The van der Waals surface area contributed by atoms with E-state index in [0.29, 0.717) is 31.0 Å². The number of ether oxygens (including phenoxy) is 2. The molecule has 1 heterocycles. The second-order valence-electron chi connectivity index (χ2n) is 7.15. The van der Waals surface area contributed by atoms with Gasteiger partial charge < -0.3 is 14.4 Å². The average Bonchev–Trinajstić information content (AvgIpc) is 3.56. The minimum absolute atomic E-state index is 0.103. The van der Waals surface area contributed by atoms with Crippen molar-refractivity contribution >= 4 is 11.8 Å². The average molecular weight is 382 g/mol. The molecule has 2 amide bonds. The number of nitrogens with zero attached hydrogens (tertiary/aromatic N) is 1. The molecular formula is C21H22N2O5. The van der Waals surface area contributed by atoms with Crippen LogP contribution in [0.5, 0.6) is 11.5 Å². The molecule has 0 bridgehead atoms. The van der Waals surface area contributed by atoms with Gasteiger partial charge in [0.25, 0.3) is 5.91 Å². The van der Waals surface area contributed by atoms with Gasteiger partial charge in [0.15, 0.2) is 0 Å². The SMILES string of the molecule is COc1ccc(C2(C(=O)N3CCOc4cc(C(=O)NO)ccc4C3)CC2)cc1. The van der Waals surface area contributed by atoms with Gasteiger partial charge in [0.2, 0.25) is 5.91 Å². The van der Waals surface area contributed by atoms with Gasteiger partial charge in [-0.25, -0.2) is 5.48 Å². The molecule has 0 aromatic heterocycles. The van der Waals surface area contributed by atoms with Crippen molar-refractivity contribution in [2.45, 2.75) is 24.8 Å². The standard InChI is InChI=1S/C21H22N2O5/c1-27-17-6-4-16(5-7-17)21(8-9-21)20(25)23-10-11-28-18-12-14(19(24)22-26)2-3-15(18)13-23/h2-7,12,26H,8-11,13H2,1H3,(H,22,24). The Hall–Kier alpha value is -3.06. The van der Waals surface area contributed by atoms with Crippen molar-refractivity contribution in [2.24, 2.45) is 0 Å². The highest BCUT2D eigenvalue weighted by Gasteiger charge is 2.53. The minimum atomic E-state index is -0.597. The number of benzene rings is 2. The molecule has 146 valence electrons. The van der Waals surface area contributed by atoms with E-state index < -0.39 is 11.3 Å². The fourth-order valence-electron chi connectivity index (χ4n) is 3.71. The zero-order valence-corrected chi connectivity index (χ0v) is 15.6. The summed E-state index contributed by atoms with van der Waals surface area (Å²) in [5.74, 6) is 0.837. The zero-order chi connectivity index (χ0) is 19.7. The molecule has 1 aliphatic heterocycles. The van der Waals surface area contributed by atoms with Crippen LogP contribution < -0.4 is 15.0 Å². The normalized spacial score (nSPS) is 17.0. The van der Waals surface area contributed by atoms with Crippen LogP contribution in [0.2, 0.25) is 0 Å². The van der Waals surface area contributed by atoms with E-state index in [0.717, 1.165) is 29.7 Å². The first-order valence-electron chi connectivity index (χ1n) is 9.21. The van der Waals surface area contributed by atoms with Gasteiger partial charge in [-0.3, -0.25) is 14.8 Å². The number of rotatable bonds is 4. The number of carbonyl (C=O) groups is 2. The fraction of sp³-hybridized carbons (Fsp3) is 0.333. The van der Waals surface area contributed by atoms with Crippen LogP contribution in [0, 0.1) is 0 Å². The molecule has 2 N–H and O–H groups in total. The lowest BCUT2D eigenvalue weighted by molar-refractivity contribution is -0.134. The predicted molar refractivity (Wildman–Crippen MR) is 101 cm³/mol. The zero-order valence-electron chi connectivity index (χ0n) is 15.6. The van der Waals surface area contributed by atoms with Crippen molar-refractivity contribution in [3.05, 3.63) is 59.2 Å². The summed E-state index contributed by atoms with van der Waals surface area (Å²) in [7, 11) is 1.62. The van der Waals surface area contributed by atoms with E-state index in [4.69, 9.17) is 14.7 Å². The number of fused-ring (bicyclic) bond motifs is 1. The monoisotopic (exact) mass is 382 g/mol. The molecule has 0 spiro atoms. The van der Waals surface area contributed by atoms with E-state index in [2.05, 4.69) is 0 Å². The Morgan fingerprint density at radius 1 is 1.18 bits per heavy atom. The Bertz CT molecular complexity index is 906. The highest BCUT2D eigenvalue weighted by atomic mass is 16.5. The molecule has 0 saturated heterocycles. The largest absolute Gasteiger partial charge is 0.497 e. The molecule has 1 aliphatic carbocycles. The first-order chi connectivity index (χ1) is 13.6. The first kappa shape index (κ1) is 18.3. The van der Waals surface area contributed by atoms with Crippen LogP contribution in [-0.2, 0) is 16.8 Å². The maximum absolute atomic E-state index is 13.4. The fourth-order valence-corrected chi connectivity index (χ4v) is 3.71. The third kappa shape index (κ3) is 3.18. The van der Waals surface area contributed by atoms with Crippen LogP contribution in [0.25, 0.3) is 0 Å². The Morgan fingerprint density at radius 3 is 2.57 bits per heavy atom. The van der Waals surface area contributed by atoms with Gasteiger partial charge in [0.05, 0.1) is 19.1 Å². The number of hydroxylamine groups is 1. The Balaban J connectivity index is 1.56. The summed E-state index contributed by atoms with van der Waals surface area (Å²) < 4.78 is 11.0. The molecule has 1 saturated carbocycles. The van der Waals surface area contributed by atoms with Gasteiger partial charge in [0, 0.05) is 17.7 Å². The topological polar surface area (TPSA) is 88.1 Å². The molecule has 28 heavy (non-hydrogen) atoms. The van der Waals surface area contributed by atoms with Crippen LogP contribution in [0.1, 0.15) is 34.3 Å². The van der Waals surface area contributed by atoms with E-state index in [1.165, 1.54) is 0 Å². The molecule has 0 radical (unpaired) electrons. The molecule has 7 heteroatoms. The van der Waals surface area contributed by atoms with Gasteiger partial charge >= 0.3 is 0 Å². The maximum atomic E-state index is 13.4. The van der Waals surface area contributed by atoms with Crippen LogP contribution in [0.3, 0.4) is 0 Å². The van der Waals surface area contributed by atoms with E-state index in [1.54, 1.807) is 30.8 Å². The Labute approximate surface area is 162 Å². The van der Waals surface area contributed by atoms with Crippen molar-refractivity contribution in [3.8, 4) is 11.5 Å². The van der Waals surface area contributed by atoms with E-state index in [-0.39, 0.29) is 5.91 Å². The Kier molecular flexibility index (Phi) is 4.68. The molecule has 2 aromatic carbocycles. The molecule has 0 atom stereocenters. The summed E-state index contributed by atoms with van der Waals surface area (Å²) in [6.45, 7) is 1.25. The molecule has 1 fully saturated rings. The van der Waals surface area contributed by atoms with E-state index >= 15 is 0 Å². The highest BCUT2D eigenvalue weighted by molar-refractivity contribution is 5.94. The number of hydrogen-bond acceptors (Lipinski definition) is 5. The quantitative estimate of drug-likeness (QED) is 0.626. The predicted octanol–water partition coefficient (Wildman–Crippen LogP) is 2.27. The van der Waals surface area contributed by atoms with E-state index in [1.807, 2.05) is 29.2 Å². The molecule has 2 aliphatic rings. The maximum Gasteiger partial charge on any atom is 0.274 e. The number of nitrogens with one attached hydrogen (secondary N) is 1. The van der Waals surface area contributed by atoms with Crippen molar-refractivity contribution < 1.29 is 24.3 Å². The van der Waals surface area contributed by atoms with Crippen molar-refractivity contribution in [1.29, 1.82) is 0 Å². The van der Waals surface area contributed by atoms with Gasteiger partial charge in [-0.05, 0) is 42.7 Å². The summed E-state index contributed by atoms with van der Waals surface area (Å²) in [4.78, 5) is 26.8. The molecule has 2 aromatic rings. The van der Waals surface area contributed by atoms with Crippen LogP contribution in [0.4, 0.5) is 0 Å². The number of amides is 2. The highest BCUT2D eigenvalue weighted by Crippen LogP contribution is 2.50. The second-order valence-corrected chi connectivity index (χ2v) is 7.15. The van der Waals surface area contributed by atoms with Crippen molar-refractivity contribution in [3.63, 3.8) is 0 Å². The smallest absolute Gasteiger partial charge is 0.274 e. The van der Waals surface area contributed by atoms with Crippen LogP contribution in [-0.4, -0.2) is 42.2 Å². The molecule has 7 nitrogen and oxygen atoms in total. The number of hydrogen-bond donors (Lipinski definition) is 2. The molecule has 0 unspecified atom stereocenters. The van der Waals surface area contributed by atoms with Gasteiger partial charge in [-0.1, -0.05) is 18.2 Å². The molecule has 4 rings (SSSR count). The minimum Gasteiger partial charge on any atom is -0.497 e. The number of methoxy groups -OCH3 is 1. The summed E-state index contributed by atoms with van der Waals surface area (Å²) in [6.07, 6.45) is 1.66. The Morgan fingerprint density at radius 2 is 1.93 bits per heavy atom. The van der Waals surface area contributed by atoms with Gasteiger partial charge in [-0.15, -0.1) is 0 Å². The number of carbonyl (C=O) groups excluding carboxylic acids is 2. The van der Waals surface area contributed by atoms with Gasteiger partial charge in [0.1, 0.15) is 18.1 Å². The third-order valence-electron chi connectivity index (χ3n) is 5.50. The lowest BCUT2D eigenvalue weighted by Gasteiger charge is -2.26. The van der Waals surface area contributed by atoms with E-state index in [9.17, 15) is 9.59 Å². The first-order valence-corrected chi connectivity index (χ1v) is 9.21.